The average molecular weight is 364 g/mol. The normalized spacial score (nSPS) is 10.9. The van der Waals surface area contributed by atoms with Crippen molar-refractivity contribution in [2.75, 3.05) is 7.11 Å². The third-order valence-electron chi connectivity index (χ3n) is 4.05. The van der Waals surface area contributed by atoms with E-state index in [0.717, 1.165) is 16.5 Å². The second-order valence-corrected chi connectivity index (χ2v) is 5.84. The van der Waals surface area contributed by atoms with Gasteiger partial charge in [-0.25, -0.2) is 0 Å². The van der Waals surface area contributed by atoms with Crippen LogP contribution in [0.4, 0.5) is 0 Å². The van der Waals surface area contributed by atoms with Crippen molar-refractivity contribution in [3.63, 3.8) is 0 Å². The van der Waals surface area contributed by atoms with Gasteiger partial charge in [0, 0.05) is 22.6 Å². The predicted molar refractivity (Wildman–Crippen MR) is 96.0 cm³/mol. The highest BCUT2D eigenvalue weighted by atomic mass is 16.6. The van der Waals surface area contributed by atoms with E-state index in [4.69, 9.17) is 18.4 Å². The number of esters is 1. The fourth-order valence-corrected chi connectivity index (χ4v) is 2.69. The molecular formula is C20H16N2O5. The fourth-order valence-electron chi connectivity index (χ4n) is 2.69. The standard InChI is InChI=1S/C20H16N2O5/c1-24-15-7-8-16-14(11-25-17(16)10-15)9-19(23)26-12-18-21-20(22-27-18)13-5-3-2-4-6-13/h2-8,10-11H,9,12H2,1H3. The van der Waals surface area contributed by atoms with Gasteiger partial charge in [0.2, 0.25) is 5.82 Å². The molecule has 0 spiro atoms. The van der Waals surface area contributed by atoms with Crippen molar-refractivity contribution >= 4 is 16.9 Å². The summed E-state index contributed by atoms with van der Waals surface area (Å²) in [6, 6.07) is 14.9. The number of hydrogen-bond acceptors (Lipinski definition) is 7. The summed E-state index contributed by atoms with van der Waals surface area (Å²) in [5.41, 5.74) is 2.23. The first-order chi connectivity index (χ1) is 13.2. The molecule has 0 bridgehead atoms. The van der Waals surface area contributed by atoms with Crippen molar-refractivity contribution in [1.82, 2.24) is 10.1 Å². The molecule has 27 heavy (non-hydrogen) atoms. The van der Waals surface area contributed by atoms with E-state index in [2.05, 4.69) is 10.1 Å². The summed E-state index contributed by atoms with van der Waals surface area (Å²) in [7, 11) is 1.59. The molecule has 0 atom stereocenters. The lowest BCUT2D eigenvalue weighted by atomic mass is 10.1. The zero-order valence-corrected chi connectivity index (χ0v) is 14.5. The number of methoxy groups -OCH3 is 1. The first-order valence-electron chi connectivity index (χ1n) is 8.30. The molecule has 0 N–H and O–H groups in total. The number of ether oxygens (including phenoxy) is 2. The maximum atomic E-state index is 12.1. The quantitative estimate of drug-likeness (QED) is 0.481. The van der Waals surface area contributed by atoms with Gasteiger partial charge in [0.1, 0.15) is 11.3 Å². The number of carbonyl (C=O) groups is 1. The fraction of sp³-hybridized carbons (Fsp3) is 0.150. The van der Waals surface area contributed by atoms with E-state index < -0.39 is 5.97 Å². The van der Waals surface area contributed by atoms with E-state index in [-0.39, 0.29) is 18.9 Å². The van der Waals surface area contributed by atoms with Crippen LogP contribution in [0.5, 0.6) is 5.75 Å². The Bertz CT molecular complexity index is 1070. The molecule has 0 aliphatic rings. The Morgan fingerprint density at radius 3 is 2.81 bits per heavy atom. The van der Waals surface area contributed by atoms with Gasteiger partial charge in [-0.15, -0.1) is 0 Å². The Morgan fingerprint density at radius 2 is 2.00 bits per heavy atom. The number of nitrogens with zero attached hydrogens (tertiary/aromatic N) is 2. The average Bonchev–Trinajstić information content (AvgIpc) is 3.34. The zero-order valence-electron chi connectivity index (χ0n) is 14.5. The Labute approximate surface area is 154 Å². The summed E-state index contributed by atoms with van der Waals surface area (Å²) >= 11 is 0. The lowest BCUT2D eigenvalue weighted by Gasteiger charge is -2.01. The number of aromatic nitrogens is 2. The van der Waals surface area contributed by atoms with Gasteiger partial charge < -0.3 is 18.4 Å². The molecular weight excluding hydrogens is 348 g/mol. The van der Waals surface area contributed by atoms with E-state index in [9.17, 15) is 4.79 Å². The second kappa shape index (κ2) is 7.33. The Kier molecular flexibility index (Phi) is 4.57. The number of hydrogen-bond donors (Lipinski definition) is 0. The van der Waals surface area contributed by atoms with E-state index >= 15 is 0 Å². The van der Waals surface area contributed by atoms with Gasteiger partial charge in [0.15, 0.2) is 6.61 Å². The van der Waals surface area contributed by atoms with E-state index in [0.29, 0.717) is 17.2 Å². The lowest BCUT2D eigenvalue weighted by Crippen LogP contribution is -2.07. The van der Waals surface area contributed by atoms with E-state index in [1.807, 2.05) is 42.5 Å². The van der Waals surface area contributed by atoms with Gasteiger partial charge in [0.25, 0.3) is 5.89 Å². The molecule has 0 aliphatic carbocycles. The van der Waals surface area contributed by atoms with Crippen LogP contribution in [0.1, 0.15) is 11.5 Å². The maximum Gasteiger partial charge on any atom is 0.310 e. The second-order valence-electron chi connectivity index (χ2n) is 5.84. The molecule has 0 radical (unpaired) electrons. The predicted octanol–water partition coefficient (Wildman–Crippen LogP) is 3.78. The van der Waals surface area contributed by atoms with Crippen LogP contribution in [0.25, 0.3) is 22.4 Å². The molecule has 136 valence electrons. The van der Waals surface area contributed by atoms with Crippen LogP contribution in [0, 0.1) is 0 Å². The molecule has 4 aromatic rings. The summed E-state index contributed by atoms with van der Waals surface area (Å²) in [6.45, 7) is -0.0811. The molecule has 4 rings (SSSR count). The number of rotatable bonds is 6. The first kappa shape index (κ1) is 16.8. The van der Waals surface area contributed by atoms with Crippen LogP contribution >= 0.6 is 0 Å². The van der Waals surface area contributed by atoms with Crippen molar-refractivity contribution in [3.8, 4) is 17.1 Å². The topological polar surface area (TPSA) is 87.6 Å². The molecule has 0 saturated carbocycles. The smallest absolute Gasteiger partial charge is 0.310 e. The summed E-state index contributed by atoms with van der Waals surface area (Å²) in [4.78, 5) is 16.4. The summed E-state index contributed by atoms with van der Waals surface area (Å²) < 4.78 is 21.0. The van der Waals surface area contributed by atoms with Gasteiger partial charge in [0.05, 0.1) is 19.8 Å². The maximum absolute atomic E-state index is 12.1. The van der Waals surface area contributed by atoms with Crippen LogP contribution in [-0.4, -0.2) is 23.2 Å². The van der Waals surface area contributed by atoms with Crippen molar-refractivity contribution in [2.24, 2.45) is 0 Å². The van der Waals surface area contributed by atoms with E-state index in [1.165, 1.54) is 0 Å². The first-order valence-corrected chi connectivity index (χ1v) is 8.30. The van der Waals surface area contributed by atoms with Crippen LogP contribution in [-0.2, 0) is 22.6 Å². The Morgan fingerprint density at radius 1 is 1.15 bits per heavy atom. The van der Waals surface area contributed by atoms with Crippen molar-refractivity contribution < 1.29 is 23.2 Å². The minimum Gasteiger partial charge on any atom is -0.497 e. The molecule has 0 amide bonds. The number of furan rings is 1. The van der Waals surface area contributed by atoms with Gasteiger partial charge in [-0.05, 0) is 12.1 Å². The molecule has 0 unspecified atom stereocenters. The highest BCUT2D eigenvalue weighted by molar-refractivity contribution is 5.86. The van der Waals surface area contributed by atoms with Crippen LogP contribution < -0.4 is 4.74 Å². The summed E-state index contributed by atoms with van der Waals surface area (Å²) in [5, 5.41) is 4.74. The van der Waals surface area contributed by atoms with Gasteiger partial charge in [-0.2, -0.15) is 4.98 Å². The summed E-state index contributed by atoms with van der Waals surface area (Å²) in [5.74, 6) is 0.977. The van der Waals surface area contributed by atoms with Crippen LogP contribution in [0.15, 0.2) is 63.7 Å². The van der Waals surface area contributed by atoms with Crippen molar-refractivity contribution in [3.05, 3.63) is 66.2 Å². The van der Waals surface area contributed by atoms with Crippen molar-refractivity contribution in [1.29, 1.82) is 0 Å². The van der Waals surface area contributed by atoms with Crippen molar-refractivity contribution in [2.45, 2.75) is 13.0 Å². The molecule has 0 saturated heterocycles. The van der Waals surface area contributed by atoms with E-state index in [1.54, 1.807) is 19.4 Å². The van der Waals surface area contributed by atoms with Gasteiger partial charge >= 0.3 is 5.97 Å². The SMILES string of the molecule is COc1ccc2c(CC(=O)OCc3nc(-c4ccccc4)no3)coc2c1. The molecule has 2 aromatic carbocycles. The minimum atomic E-state index is -0.409. The minimum absolute atomic E-state index is 0.0811. The zero-order chi connectivity index (χ0) is 18.6. The molecule has 2 heterocycles. The van der Waals surface area contributed by atoms with Crippen LogP contribution in [0.2, 0.25) is 0 Å². The lowest BCUT2D eigenvalue weighted by molar-refractivity contribution is -0.144. The molecule has 2 aromatic heterocycles. The number of fused-ring (bicyclic) bond motifs is 1. The van der Waals surface area contributed by atoms with Gasteiger partial charge in [-0.1, -0.05) is 35.5 Å². The Balaban J connectivity index is 1.38. The Hall–Kier alpha value is -3.61. The third-order valence-corrected chi connectivity index (χ3v) is 4.05. The van der Waals surface area contributed by atoms with Crippen LogP contribution in [0.3, 0.4) is 0 Å². The van der Waals surface area contributed by atoms with Gasteiger partial charge in [-0.3, -0.25) is 4.79 Å². The molecule has 0 aliphatic heterocycles. The highest BCUT2D eigenvalue weighted by Gasteiger charge is 2.14. The largest absolute Gasteiger partial charge is 0.497 e. The molecule has 7 nitrogen and oxygen atoms in total. The summed E-state index contributed by atoms with van der Waals surface area (Å²) in [6.07, 6.45) is 1.63. The highest BCUT2D eigenvalue weighted by Crippen LogP contribution is 2.26. The molecule has 7 heteroatoms. The monoisotopic (exact) mass is 364 g/mol. The number of carbonyl (C=O) groups excluding carboxylic acids is 1. The third kappa shape index (κ3) is 3.67. The number of benzene rings is 2. The molecule has 0 fully saturated rings.